The highest BCUT2D eigenvalue weighted by molar-refractivity contribution is 7.99. The first kappa shape index (κ1) is 15.0. The molecule has 1 atom stereocenters. The molecule has 1 unspecified atom stereocenters. The van der Waals surface area contributed by atoms with Crippen LogP contribution < -0.4 is 0 Å². The molecule has 0 spiro atoms. The second-order valence-corrected chi connectivity index (χ2v) is 4.82. The maximum Gasteiger partial charge on any atom is 0.453 e. The van der Waals surface area contributed by atoms with Gasteiger partial charge in [0.05, 0.1) is 0 Å². The van der Waals surface area contributed by atoms with Gasteiger partial charge in [-0.1, -0.05) is 13.8 Å². The molecule has 0 aromatic rings. The third kappa shape index (κ3) is 5.58. The molecular weight excluding hydrogens is 235 g/mol. The highest BCUT2D eigenvalue weighted by atomic mass is 32.2. The van der Waals surface area contributed by atoms with Crippen LogP contribution in [0, 0.1) is 6.92 Å². The smallest absolute Gasteiger partial charge is 0.196 e. The second kappa shape index (κ2) is 5.92. The minimum atomic E-state index is -5.42. The molecule has 0 aliphatic heterocycles. The molecule has 0 bridgehead atoms. The van der Waals surface area contributed by atoms with Crippen molar-refractivity contribution in [2.45, 2.75) is 43.5 Å². The van der Waals surface area contributed by atoms with Gasteiger partial charge in [0.1, 0.15) is 0 Å². The SMILES string of the molecule is [CH2]CC(C)SCCCC(F)(F)C(F)(F)F. The third-order valence-corrected chi connectivity index (χ3v) is 3.19. The van der Waals surface area contributed by atoms with E-state index in [1.807, 2.05) is 6.92 Å². The maximum atomic E-state index is 12.4. The third-order valence-electron chi connectivity index (χ3n) is 1.86. The monoisotopic (exact) mass is 249 g/mol. The van der Waals surface area contributed by atoms with E-state index in [0.29, 0.717) is 12.2 Å². The summed E-state index contributed by atoms with van der Waals surface area (Å²) in [5.41, 5.74) is 0. The largest absolute Gasteiger partial charge is 0.453 e. The average Bonchev–Trinajstić information content (AvgIpc) is 2.10. The van der Waals surface area contributed by atoms with Crippen LogP contribution in [-0.2, 0) is 0 Å². The topological polar surface area (TPSA) is 0 Å². The number of alkyl halides is 5. The van der Waals surface area contributed by atoms with Crippen LogP contribution in [0.3, 0.4) is 0 Å². The van der Waals surface area contributed by atoms with Gasteiger partial charge in [0.2, 0.25) is 0 Å². The summed E-state index contributed by atoms with van der Waals surface area (Å²) >= 11 is 1.36. The van der Waals surface area contributed by atoms with Gasteiger partial charge in [0.15, 0.2) is 0 Å². The standard InChI is InChI=1S/C9H14F5S/c1-3-7(2)15-6-4-5-8(10,11)9(12,13)14/h7H,1,3-6H2,2H3. The quantitative estimate of drug-likeness (QED) is 0.499. The summed E-state index contributed by atoms with van der Waals surface area (Å²) < 4.78 is 59.9. The summed E-state index contributed by atoms with van der Waals surface area (Å²) in [6, 6.07) is 0. The number of rotatable bonds is 6. The van der Waals surface area contributed by atoms with Gasteiger partial charge in [-0.05, 0) is 18.6 Å². The Balaban J connectivity index is 3.77. The number of hydrogen-bond donors (Lipinski definition) is 0. The molecule has 0 saturated carbocycles. The zero-order valence-electron chi connectivity index (χ0n) is 8.41. The van der Waals surface area contributed by atoms with E-state index < -0.39 is 18.5 Å². The molecule has 0 fully saturated rings. The molecule has 0 saturated heterocycles. The van der Waals surface area contributed by atoms with Gasteiger partial charge in [-0.15, -0.1) is 0 Å². The molecule has 0 aliphatic carbocycles. The summed E-state index contributed by atoms with van der Waals surface area (Å²) in [4.78, 5) is 0. The fourth-order valence-corrected chi connectivity index (χ4v) is 1.68. The molecular formula is C9H14F5S. The first-order valence-corrected chi connectivity index (χ1v) is 5.61. The van der Waals surface area contributed by atoms with Crippen LogP contribution in [0.15, 0.2) is 0 Å². The molecule has 91 valence electrons. The Labute approximate surface area is 90.6 Å². The molecule has 1 radical (unpaired) electrons. The number of halogens is 5. The highest BCUT2D eigenvalue weighted by Crippen LogP contribution is 2.39. The zero-order valence-corrected chi connectivity index (χ0v) is 9.23. The van der Waals surface area contributed by atoms with E-state index in [-0.39, 0.29) is 11.7 Å². The van der Waals surface area contributed by atoms with E-state index >= 15 is 0 Å². The molecule has 0 nitrogen and oxygen atoms in total. The summed E-state index contributed by atoms with van der Waals surface area (Å²) in [6.45, 7) is 5.46. The normalized spacial score (nSPS) is 15.4. The average molecular weight is 249 g/mol. The van der Waals surface area contributed by atoms with Gasteiger partial charge in [0, 0.05) is 11.7 Å². The summed E-state index contributed by atoms with van der Waals surface area (Å²) in [6.07, 6.45) is -6.05. The summed E-state index contributed by atoms with van der Waals surface area (Å²) in [5, 5.41) is 0.199. The highest BCUT2D eigenvalue weighted by Gasteiger charge is 2.56. The number of thioether (sulfide) groups is 1. The van der Waals surface area contributed by atoms with Crippen LogP contribution in [-0.4, -0.2) is 23.1 Å². The Hall–Kier alpha value is -0.0000000000000000555. The lowest BCUT2D eigenvalue weighted by Crippen LogP contribution is -2.36. The van der Waals surface area contributed by atoms with Crippen LogP contribution in [0.5, 0.6) is 0 Å². The van der Waals surface area contributed by atoms with E-state index in [4.69, 9.17) is 0 Å². The van der Waals surface area contributed by atoms with Crippen molar-refractivity contribution in [1.29, 1.82) is 0 Å². The summed E-state index contributed by atoms with van der Waals surface area (Å²) in [7, 11) is 0. The van der Waals surface area contributed by atoms with Crippen LogP contribution in [0.25, 0.3) is 0 Å². The van der Waals surface area contributed by atoms with E-state index in [9.17, 15) is 22.0 Å². The Morgan fingerprint density at radius 3 is 2.13 bits per heavy atom. The number of hydrogen-bond acceptors (Lipinski definition) is 1. The first-order chi connectivity index (χ1) is 6.70. The van der Waals surface area contributed by atoms with Gasteiger partial charge in [-0.3, -0.25) is 0 Å². The first-order valence-electron chi connectivity index (χ1n) is 4.56. The molecule has 0 heterocycles. The fraction of sp³-hybridized carbons (Fsp3) is 0.889. The predicted octanol–water partition coefficient (Wildman–Crippen LogP) is 4.31. The van der Waals surface area contributed by atoms with E-state index in [1.165, 1.54) is 11.8 Å². The lowest BCUT2D eigenvalue weighted by molar-refractivity contribution is -0.284. The van der Waals surface area contributed by atoms with Crippen molar-refractivity contribution in [3.8, 4) is 0 Å². The van der Waals surface area contributed by atoms with Gasteiger partial charge in [0.25, 0.3) is 0 Å². The van der Waals surface area contributed by atoms with Crippen LogP contribution in [0.1, 0.15) is 26.2 Å². The van der Waals surface area contributed by atoms with Crippen molar-refractivity contribution in [3.05, 3.63) is 6.92 Å². The maximum absolute atomic E-state index is 12.4. The fourth-order valence-electron chi connectivity index (χ4n) is 0.804. The van der Waals surface area contributed by atoms with E-state index in [2.05, 4.69) is 6.92 Å². The molecule has 0 aromatic heterocycles. The lowest BCUT2D eigenvalue weighted by Gasteiger charge is -2.19. The van der Waals surface area contributed by atoms with Gasteiger partial charge in [-0.2, -0.15) is 33.7 Å². The van der Waals surface area contributed by atoms with E-state index in [1.54, 1.807) is 0 Å². The predicted molar refractivity (Wildman–Crippen MR) is 52.1 cm³/mol. The molecule has 0 rings (SSSR count). The molecule has 15 heavy (non-hydrogen) atoms. The van der Waals surface area contributed by atoms with Crippen LogP contribution in [0.2, 0.25) is 0 Å². The Morgan fingerprint density at radius 1 is 1.20 bits per heavy atom. The van der Waals surface area contributed by atoms with Crippen molar-refractivity contribution in [2.75, 3.05) is 5.75 Å². The molecule has 0 amide bonds. The minimum Gasteiger partial charge on any atom is -0.196 e. The van der Waals surface area contributed by atoms with Crippen molar-refractivity contribution in [3.63, 3.8) is 0 Å². The lowest BCUT2D eigenvalue weighted by atomic mass is 10.2. The van der Waals surface area contributed by atoms with Crippen LogP contribution in [0.4, 0.5) is 22.0 Å². The minimum absolute atomic E-state index is 0.137. The van der Waals surface area contributed by atoms with Crippen molar-refractivity contribution < 1.29 is 22.0 Å². The zero-order chi connectivity index (χ0) is 12.1. The van der Waals surface area contributed by atoms with Gasteiger partial charge < -0.3 is 0 Å². The van der Waals surface area contributed by atoms with Crippen molar-refractivity contribution in [2.24, 2.45) is 0 Å². The Bertz CT molecular complexity index is 178. The second-order valence-electron chi connectivity index (χ2n) is 3.28. The van der Waals surface area contributed by atoms with E-state index in [0.717, 1.165) is 0 Å². The molecule has 6 heteroatoms. The van der Waals surface area contributed by atoms with Crippen LogP contribution >= 0.6 is 11.8 Å². The van der Waals surface area contributed by atoms with Gasteiger partial charge in [-0.25, -0.2) is 0 Å². The molecule has 0 N–H and O–H groups in total. The van der Waals surface area contributed by atoms with Crippen molar-refractivity contribution >= 4 is 11.8 Å². The summed E-state index contributed by atoms with van der Waals surface area (Å²) in [5.74, 6) is -4.25. The van der Waals surface area contributed by atoms with Gasteiger partial charge >= 0.3 is 12.1 Å². The van der Waals surface area contributed by atoms with Crippen molar-refractivity contribution in [1.82, 2.24) is 0 Å². The molecule has 0 aromatic carbocycles. The Morgan fingerprint density at radius 2 is 1.73 bits per heavy atom. The Kier molecular flexibility index (Phi) is 5.92. The molecule has 0 aliphatic rings.